The van der Waals surface area contributed by atoms with Gasteiger partial charge < -0.3 is 20.1 Å². The molecule has 0 bridgehead atoms. The Kier molecular flexibility index (Phi) is 8.49. The second-order valence-electron chi connectivity index (χ2n) is 7.00. The van der Waals surface area contributed by atoms with Crippen LogP contribution in [0.1, 0.15) is 15.9 Å². The van der Waals surface area contributed by atoms with Gasteiger partial charge in [0, 0.05) is 22.3 Å². The predicted octanol–water partition coefficient (Wildman–Crippen LogP) is 4.53. The third-order valence-electron chi connectivity index (χ3n) is 4.57. The highest BCUT2D eigenvalue weighted by Crippen LogP contribution is 2.24. The number of aryl methyl sites for hydroxylation is 1. The van der Waals surface area contributed by atoms with Crippen LogP contribution in [0.4, 0.5) is 11.4 Å². The summed E-state index contributed by atoms with van der Waals surface area (Å²) in [5, 5.41) is 5.51. The fraction of sp³-hybridized carbons (Fsp3) is 0.160. The molecule has 7 nitrogen and oxygen atoms in total. The summed E-state index contributed by atoms with van der Waals surface area (Å²) in [5.74, 6) is -0.560. The molecular formula is C25H24N2O5S. The Morgan fingerprint density at radius 1 is 0.879 bits per heavy atom. The maximum Gasteiger partial charge on any atom is 0.339 e. The van der Waals surface area contributed by atoms with Crippen LogP contribution in [-0.4, -0.2) is 37.3 Å². The molecule has 3 aromatic rings. The van der Waals surface area contributed by atoms with Crippen molar-refractivity contribution in [3.05, 3.63) is 83.9 Å². The highest BCUT2D eigenvalue weighted by Gasteiger charge is 2.16. The molecule has 0 heterocycles. The van der Waals surface area contributed by atoms with Crippen molar-refractivity contribution in [2.24, 2.45) is 0 Å². The Balaban J connectivity index is 1.54. The average Bonchev–Trinajstić information content (AvgIpc) is 2.83. The molecule has 3 aromatic carbocycles. The number of methoxy groups -OCH3 is 1. The number of esters is 1. The minimum Gasteiger partial charge on any atom is -0.497 e. The van der Waals surface area contributed by atoms with E-state index in [4.69, 9.17) is 9.47 Å². The second-order valence-corrected chi connectivity index (χ2v) is 8.02. The van der Waals surface area contributed by atoms with Gasteiger partial charge in [0.05, 0.1) is 18.4 Å². The number of carbonyl (C=O) groups is 3. The maximum absolute atomic E-state index is 12.6. The van der Waals surface area contributed by atoms with E-state index in [1.807, 2.05) is 25.1 Å². The van der Waals surface area contributed by atoms with Crippen molar-refractivity contribution in [1.29, 1.82) is 0 Å². The SMILES string of the molecule is COc1cccc(NC(=O)CSc2ccccc2C(=O)OCC(=O)Nc2ccccc2C)c1. The Morgan fingerprint density at radius 3 is 2.42 bits per heavy atom. The quantitative estimate of drug-likeness (QED) is 0.357. The van der Waals surface area contributed by atoms with E-state index in [0.717, 1.165) is 5.56 Å². The molecule has 0 radical (unpaired) electrons. The van der Waals surface area contributed by atoms with Crippen molar-refractivity contribution in [3.8, 4) is 5.75 Å². The Hall–Kier alpha value is -3.78. The molecule has 8 heteroatoms. The van der Waals surface area contributed by atoms with Crippen LogP contribution in [0, 0.1) is 6.92 Å². The van der Waals surface area contributed by atoms with Gasteiger partial charge in [-0.3, -0.25) is 9.59 Å². The molecule has 33 heavy (non-hydrogen) atoms. The number of nitrogens with one attached hydrogen (secondary N) is 2. The van der Waals surface area contributed by atoms with E-state index in [1.165, 1.54) is 11.8 Å². The summed E-state index contributed by atoms with van der Waals surface area (Å²) >= 11 is 1.21. The largest absolute Gasteiger partial charge is 0.497 e. The second kappa shape index (κ2) is 11.7. The molecule has 0 aromatic heterocycles. The first-order valence-electron chi connectivity index (χ1n) is 10.1. The molecule has 2 N–H and O–H groups in total. The summed E-state index contributed by atoms with van der Waals surface area (Å²) in [6, 6.07) is 21.2. The van der Waals surface area contributed by atoms with E-state index in [9.17, 15) is 14.4 Å². The third kappa shape index (κ3) is 7.11. The number of rotatable bonds is 9. The normalized spacial score (nSPS) is 10.2. The third-order valence-corrected chi connectivity index (χ3v) is 5.65. The van der Waals surface area contributed by atoms with Gasteiger partial charge in [-0.05, 0) is 42.8 Å². The summed E-state index contributed by atoms with van der Waals surface area (Å²) in [6.07, 6.45) is 0. The number of benzene rings is 3. The van der Waals surface area contributed by atoms with Gasteiger partial charge in [-0.25, -0.2) is 4.79 Å². The van der Waals surface area contributed by atoms with Crippen LogP contribution in [-0.2, 0) is 14.3 Å². The van der Waals surface area contributed by atoms with Crippen molar-refractivity contribution < 1.29 is 23.9 Å². The van der Waals surface area contributed by atoms with Crippen molar-refractivity contribution in [3.63, 3.8) is 0 Å². The fourth-order valence-corrected chi connectivity index (χ4v) is 3.75. The van der Waals surface area contributed by atoms with Crippen LogP contribution < -0.4 is 15.4 Å². The van der Waals surface area contributed by atoms with Crippen molar-refractivity contribution >= 4 is 40.9 Å². The van der Waals surface area contributed by atoms with Crippen LogP contribution in [0.3, 0.4) is 0 Å². The van der Waals surface area contributed by atoms with E-state index in [0.29, 0.717) is 27.6 Å². The van der Waals surface area contributed by atoms with Crippen LogP contribution in [0.25, 0.3) is 0 Å². The fourth-order valence-electron chi connectivity index (χ4n) is 2.91. The first-order chi connectivity index (χ1) is 16.0. The van der Waals surface area contributed by atoms with Gasteiger partial charge in [0.2, 0.25) is 5.91 Å². The lowest BCUT2D eigenvalue weighted by Gasteiger charge is -2.11. The lowest BCUT2D eigenvalue weighted by molar-refractivity contribution is -0.119. The molecule has 0 saturated heterocycles. The highest BCUT2D eigenvalue weighted by atomic mass is 32.2. The van der Waals surface area contributed by atoms with Gasteiger partial charge in [-0.1, -0.05) is 36.4 Å². The van der Waals surface area contributed by atoms with Crippen molar-refractivity contribution in [2.75, 3.05) is 30.1 Å². The van der Waals surface area contributed by atoms with Crippen LogP contribution >= 0.6 is 11.8 Å². The lowest BCUT2D eigenvalue weighted by Crippen LogP contribution is -2.21. The monoisotopic (exact) mass is 464 g/mol. The van der Waals surface area contributed by atoms with Gasteiger partial charge in [0.15, 0.2) is 6.61 Å². The van der Waals surface area contributed by atoms with Gasteiger partial charge in [0.1, 0.15) is 5.75 Å². The number of hydrogen-bond acceptors (Lipinski definition) is 6. The molecule has 0 aliphatic carbocycles. The highest BCUT2D eigenvalue weighted by molar-refractivity contribution is 8.00. The Bertz CT molecular complexity index is 1150. The molecule has 0 saturated carbocycles. The van der Waals surface area contributed by atoms with Crippen LogP contribution in [0.15, 0.2) is 77.7 Å². The maximum atomic E-state index is 12.6. The van der Waals surface area contributed by atoms with Crippen molar-refractivity contribution in [2.45, 2.75) is 11.8 Å². The molecule has 0 aliphatic heterocycles. The first kappa shape index (κ1) is 23.9. The van der Waals surface area contributed by atoms with E-state index in [2.05, 4.69) is 10.6 Å². The van der Waals surface area contributed by atoms with E-state index in [-0.39, 0.29) is 11.7 Å². The molecule has 0 fully saturated rings. The van der Waals surface area contributed by atoms with E-state index in [1.54, 1.807) is 61.7 Å². The average molecular weight is 465 g/mol. The number of para-hydroxylation sites is 1. The zero-order valence-electron chi connectivity index (χ0n) is 18.3. The zero-order valence-corrected chi connectivity index (χ0v) is 19.1. The van der Waals surface area contributed by atoms with E-state index < -0.39 is 18.5 Å². The first-order valence-corrected chi connectivity index (χ1v) is 11.1. The molecule has 0 aliphatic rings. The zero-order chi connectivity index (χ0) is 23.6. The summed E-state index contributed by atoms with van der Waals surface area (Å²) < 4.78 is 10.3. The standard InChI is InChI=1S/C25H24N2O5S/c1-17-8-3-5-12-21(17)27-23(28)15-32-25(30)20-11-4-6-13-22(20)33-16-24(29)26-18-9-7-10-19(14-18)31-2/h3-14H,15-16H2,1-2H3,(H,26,29)(H,27,28). The summed E-state index contributed by atoms with van der Waals surface area (Å²) in [6.45, 7) is 1.46. The van der Waals surface area contributed by atoms with Gasteiger partial charge in [0.25, 0.3) is 5.91 Å². The molecule has 0 spiro atoms. The van der Waals surface area contributed by atoms with Gasteiger partial charge >= 0.3 is 5.97 Å². The molecule has 3 rings (SSSR count). The summed E-state index contributed by atoms with van der Waals surface area (Å²) in [7, 11) is 1.55. The molecule has 170 valence electrons. The van der Waals surface area contributed by atoms with Gasteiger partial charge in [-0.2, -0.15) is 0 Å². The number of amides is 2. The van der Waals surface area contributed by atoms with Crippen LogP contribution in [0.5, 0.6) is 5.75 Å². The minimum absolute atomic E-state index is 0.0925. The summed E-state index contributed by atoms with van der Waals surface area (Å²) in [4.78, 5) is 37.7. The number of hydrogen-bond donors (Lipinski definition) is 2. The molecule has 0 unspecified atom stereocenters. The Morgan fingerprint density at radius 2 is 1.64 bits per heavy atom. The summed E-state index contributed by atoms with van der Waals surface area (Å²) in [5.41, 5.74) is 2.48. The molecular weight excluding hydrogens is 440 g/mol. The smallest absolute Gasteiger partial charge is 0.339 e. The lowest BCUT2D eigenvalue weighted by atomic mass is 10.2. The molecule has 0 atom stereocenters. The van der Waals surface area contributed by atoms with E-state index >= 15 is 0 Å². The topological polar surface area (TPSA) is 93.7 Å². The number of thioether (sulfide) groups is 1. The number of carbonyl (C=O) groups excluding carboxylic acids is 3. The van der Waals surface area contributed by atoms with Gasteiger partial charge in [-0.15, -0.1) is 11.8 Å². The molecule has 2 amide bonds. The van der Waals surface area contributed by atoms with Crippen molar-refractivity contribution in [1.82, 2.24) is 0 Å². The Labute approximate surface area is 196 Å². The van der Waals surface area contributed by atoms with Crippen LogP contribution in [0.2, 0.25) is 0 Å². The number of ether oxygens (including phenoxy) is 2. The minimum atomic E-state index is -0.633. The predicted molar refractivity (Wildman–Crippen MR) is 129 cm³/mol. The number of anilines is 2.